The summed E-state index contributed by atoms with van der Waals surface area (Å²) in [4.78, 5) is 34.8. The van der Waals surface area contributed by atoms with E-state index in [1.807, 2.05) is 16.8 Å². The smallest absolute Gasteiger partial charge is 0.329 e. The Morgan fingerprint density at radius 2 is 2.00 bits per heavy atom. The average Bonchev–Trinajstić information content (AvgIpc) is 3.19. The molecule has 1 aliphatic rings. The van der Waals surface area contributed by atoms with Gasteiger partial charge in [-0.25, -0.2) is 9.78 Å². The molecule has 1 fully saturated rings. The Kier molecular flexibility index (Phi) is 6.83. The molecule has 0 aliphatic carbocycles. The van der Waals surface area contributed by atoms with E-state index >= 15 is 0 Å². The Hall–Kier alpha value is -2.74. The lowest BCUT2D eigenvalue weighted by molar-refractivity contribution is 0.0899. The molecule has 0 unspecified atom stereocenters. The van der Waals surface area contributed by atoms with Crippen molar-refractivity contribution in [2.45, 2.75) is 57.7 Å². The summed E-state index contributed by atoms with van der Waals surface area (Å²) in [5.41, 5.74) is 0.562. The van der Waals surface area contributed by atoms with Gasteiger partial charge in [0.15, 0.2) is 0 Å². The number of rotatable bonds is 8. The molecule has 0 atom stereocenters. The number of nitrogens with one attached hydrogen (secondary N) is 1. The molecule has 33 heavy (non-hydrogen) atoms. The van der Waals surface area contributed by atoms with E-state index < -0.39 is 13.6 Å². The topological polar surface area (TPSA) is 109 Å². The van der Waals surface area contributed by atoms with Gasteiger partial charge in [0.05, 0.1) is 17.0 Å². The number of piperidine rings is 1. The van der Waals surface area contributed by atoms with Gasteiger partial charge < -0.3 is 14.2 Å². The monoisotopic (exact) mass is 468 g/mol. The molecule has 3 aromatic rings. The maximum absolute atomic E-state index is 13.0. The number of hydrogen-bond acceptors (Lipinski definition) is 6. The maximum atomic E-state index is 13.0. The van der Waals surface area contributed by atoms with Crippen molar-refractivity contribution in [3.05, 3.63) is 39.3 Å². The second kappa shape index (κ2) is 9.63. The molecule has 10 heteroatoms. The number of nitriles is 1. The number of aromatic nitrogens is 4. The lowest BCUT2D eigenvalue weighted by atomic mass is 10.0. The number of likely N-dealkylation sites (tertiary alicyclic amines) is 1. The number of nitrogens with zero attached hydrogens (tertiary/aromatic N) is 5. The van der Waals surface area contributed by atoms with Crippen molar-refractivity contribution >= 4 is 30.0 Å². The highest BCUT2D eigenvalue weighted by atomic mass is 28.3. The number of hydrogen-bond donors (Lipinski definition) is 1. The predicted molar refractivity (Wildman–Crippen MR) is 131 cm³/mol. The first kappa shape index (κ1) is 23.4. The minimum absolute atomic E-state index is 0.0165. The second-order valence-electron chi connectivity index (χ2n) is 10.0. The van der Waals surface area contributed by atoms with Crippen molar-refractivity contribution in [3.63, 3.8) is 0 Å². The van der Waals surface area contributed by atoms with Crippen molar-refractivity contribution in [2.75, 3.05) is 26.2 Å². The van der Waals surface area contributed by atoms with Crippen molar-refractivity contribution < 1.29 is 4.74 Å². The van der Waals surface area contributed by atoms with E-state index in [1.165, 1.54) is 0 Å². The number of pyridine rings is 1. The molecule has 0 bridgehead atoms. The predicted octanol–water partition coefficient (Wildman–Crippen LogP) is 2.90. The Bertz CT molecular complexity index is 1290. The summed E-state index contributed by atoms with van der Waals surface area (Å²) in [5.74, 6) is 0. The number of aromatic amines is 1. The standard InChI is InChI=1S/C23H32N6O3Si/c1-33(2,3)14-13-32-16-28-12-7-18-20-19(15-25-21(18)28)22(30)26-23(31)29(20)17-5-10-27(11-6-17)9-4-8-24/h7,12,15,17H,4-6,9-11,13-14,16H2,1-3H3,(H,26,30,31). The third-order valence-corrected chi connectivity index (χ3v) is 8.08. The van der Waals surface area contributed by atoms with E-state index in [9.17, 15) is 9.59 Å². The van der Waals surface area contributed by atoms with E-state index in [0.717, 1.165) is 43.9 Å². The van der Waals surface area contributed by atoms with Gasteiger partial charge in [0, 0.05) is 64.6 Å². The van der Waals surface area contributed by atoms with Gasteiger partial charge in [-0.2, -0.15) is 5.26 Å². The molecule has 0 amide bonds. The van der Waals surface area contributed by atoms with Gasteiger partial charge in [0.2, 0.25) is 0 Å². The van der Waals surface area contributed by atoms with Gasteiger partial charge in [-0.15, -0.1) is 0 Å². The molecule has 1 aliphatic heterocycles. The summed E-state index contributed by atoms with van der Waals surface area (Å²) >= 11 is 0. The Labute approximate surface area is 193 Å². The van der Waals surface area contributed by atoms with Gasteiger partial charge in [-0.3, -0.25) is 14.3 Å². The van der Waals surface area contributed by atoms with Crippen LogP contribution >= 0.6 is 0 Å². The Morgan fingerprint density at radius 1 is 1.24 bits per heavy atom. The van der Waals surface area contributed by atoms with Crippen LogP contribution < -0.4 is 11.2 Å². The van der Waals surface area contributed by atoms with Crippen LogP contribution in [0.3, 0.4) is 0 Å². The van der Waals surface area contributed by atoms with Crippen LogP contribution in [0.5, 0.6) is 0 Å². The summed E-state index contributed by atoms with van der Waals surface area (Å²) in [7, 11) is -1.17. The third kappa shape index (κ3) is 5.10. The van der Waals surface area contributed by atoms with Crippen LogP contribution in [0.15, 0.2) is 28.0 Å². The van der Waals surface area contributed by atoms with Crippen molar-refractivity contribution in [1.82, 2.24) is 24.0 Å². The molecule has 1 N–H and O–H groups in total. The number of H-pyrrole nitrogens is 1. The van der Waals surface area contributed by atoms with Gasteiger partial charge in [-0.05, 0) is 25.0 Å². The van der Waals surface area contributed by atoms with Gasteiger partial charge >= 0.3 is 5.69 Å². The van der Waals surface area contributed by atoms with Gasteiger partial charge in [0.25, 0.3) is 5.56 Å². The van der Waals surface area contributed by atoms with Crippen LogP contribution in [0, 0.1) is 11.3 Å². The van der Waals surface area contributed by atoms with Crippen molar-refractivity contribution in [2.24, 2.45) is 0 Å². The zero-order chi connectivity index (χ0) is 23.6. The van der Waals surface area contributed by atoms with Gasteiger partial charge in [0.1, 0.15) is 12.4 Å². The Morgan fingerprint density at radius 3 is 2.70 bits per heavy atom. The van der Waals surface area contributed by atoms with Crippen LogP contribution in [0.25, 0.3) is 21.9 Å². The van der Waals surface area contributed by atoms with E-state index in [1.54, 1.807) is 10.8 Å². The number of ether oxygens (including phenoxy) is 1. The average molecular weight is 469 g/mol. The zero-order valence-corrected chi connectivity index (χ0v) is 20.6. The van der Waals surface area contributed by atoms with Crippen molar-refractivity contribution in [3.8, 4) is 6.07 Å². The summed E-state index contributed by atoms with van der Waals surface area (Å²) in [6.45, 7) is 10.4. The van der Waals surface area contributed by atoms with Crippen LogP contribution in [0.2, 0.25) is 25.7 Å². The van der Waals surface area contributed by atoms with Crippen LogP contribution in [-0.2, 0) is 11.5 Å². The molecule has 0 saturated carbocycles. The van der Waals surface area contributed by atoms with E-state index in [2.05, 4.69) is 40.6 Å². The summed E-state index contributed by atoms with van der Waals surface area (Å²) in [6, 6.07) is 5.18. The quantitative estimate of drug-likeness (QED) is 0.402. The third-order valence-electron chi connectivity index (χ3n) is 6.37. The molecule has 1 saturated heterocycles. The van der Waals surface area contributed by atoms with Crippen LogP contribution in [0.4, 0.5) is 0 Å². The minimum Gasteiger partial charge on any atom is -0.361 e. The first-order chi connectivity index (χ1) is 15.8. The highest BCUT2D eigenvalue weighted by molar-refractivity contribution is 6.76. The molecule has 4 heterocycles. The van der Waals surface area contributed by atoms with E-state index in [0.29, 0.717) is 36.3 Å². The largest absolute Gasteiger partial charge is 0.361 e. The fourth-order valence-corrected chi connectivity index (χ4v) is 5.24. The molecule has 0 aromatic carbocycles. The van der Waals surface area contributed by atoms with E-state index in [4.69, 9.17) is 10.00 Å². The molecule has 0 spiro atoms. The molecule has 4 rings (SSSR count). The fraction of sp³-hybridized carbons (Fsp3) is 0.565. The Balaban J connectivity index is 1.66. The summed E-state index contributed by atoms with van der Waals surface area (Å²) in [6.07, 6.45) is 5.55. The summed E-state index contributed by atoms with van der Waals surface area (Å²) < 4.78 is 9.58. The molecular weight excluding hydrogens is 436 g/mol. The van der Waals surface area contributed by atoms with Gasteiger partial charge in [-0.1, -0.05) is 19.6 Å². The highest BCUT2D eigenvalue weighted by Gasteiger charge is 2.25. The first-order valence-corrected chi connectivity index (χ1v) is 15.3. The minimum atomic E-state index is -1.17. The maximum Gasteiger partial charge on any atom is 0.329 e. The van der Waals surface area contributed by atoms with Crippen LogP contribution in [-0.4, -0.2) is 58.3 Å². The van der Waals surface area contributed by atoms with E-state index in [-0.39, 0.29) is 11.7 Å². The molecule has 3 aromatic heterocycles. The molecular formula is C23H32N6O3Si. The molecule has 0 radical (unpaired) electrons. The second-order valence-corrected chi connectivity index (χ2v) is 15.6. The fourth-order valence-electron chi connectivity index (χ4n) is 4.48. The molecule has 9 nitrogen and oxygen atoms in total. The lowest BCUT2D eigenvalue weighted by Gasteiger charge is -2.32. The highest BCUT2D eigenvalue weighted by Crippen LogP contribution is 2.28. The molecule has 176 valence electrons. The SMILES string of the molecule is C[Si](C)(C)CCOCn1ccc2c1ncc1c(=O)[nH]c(=O)n(C3CCN(CCC#N)CC3)c12. The summed E-state index contributed by atoms with van der Waals surface area (Å²) in [5, 5.41) is 10.1. The zero-order valence-electron chi connectivity index (χ0n) is 19.6. The van der Waals surface area contributed by atoms with Crippen LogP contribution in [0.1, 0.15) is 25.3 Å². The lowest BCUT2D eigenvalue weighted by Crippen LogP contribution is -2.40. The van der Waals surface area contributed by atoms with Crippen molar-refractivity contribution in [1.29, 1.82) is 5.26 Å². The number of fused-ring (bicyclic) bond motifs is 3. The normalized spacial score (nSPS) is 15.9. The first-order valence-electron chi connectivity index (χ1n) is 11.6.